The minimum atomic E-state index is -4.41. The molecule has 0 fully saturated rings. The van der Waals surface area contributed by atoms with Crippen molar-refractivity contribution in [2.75, 3.05) is 19.2 Å². The van der Waals surface area contributed by atoms with Crippen molar-refractivity contribution in [2.45, 2.75) is 11.8 Å². The molecule has 0 saturated carbocycles. The van der Waals surface area contributed by atoms with Gasteiger partial charge in [-0.05, 0) is 0 Å². The van der Waals surface area contributed by atoms with Gasteiger partial charge >= 0.3 is 47.2 Å². The van der Waals surface area contributed by atoms with Crippen molar-refractivity contribution in [3.63, 3.8) is 0 Å². The van der Waals surface area contributed by atoms with Crippen LogP contribution < -0.4 is 0 Å². The third-order valence-corrected chi connectivity index (χ3v) is 7.68. The van der Waals surface area contributed by atoms with Gasteiger partial charge in [0.05, 0.1) is 13.3 Å². The molecule has 0 aliphatic carbocycles. The molecule has 0 amide bonds. The van der Waals surface area contributed by atoms with E-state index < -0.39 is 50.1 Å². The number of halogens is 8. The van der Waals surface area contributed by atoms with Crippen molar-refractivity contribution in [1.29, 1.82) is 0 Å². The maximum absolute atomic E-state index is 11.9. The van der Waals surface area contributed by atoms with Gasteiger partial charge in [-0.15, -0.1) is 26.3 Å². The van der Waals surface area contributed by atoms with Crippen LogP contribution >= 0.6 is 34.7 Å². The first kappa shape index (κ1) is 20.0. The summed E-state index contributed by atoms with van der Waals surface area (Å²) in [7, 11) is 4.03. The molecule has 2 unspecified atom stereocenters. The summed E-state index contributed by atoms with van der Waals surface area (Å²) < 4.78 is 71.4. The van der Waals surface area contributed by atoms with Crippen molar-refractivity contribution in [1.82, 2.24) is 0 Å². The molecule has 0 aromatic carbocycles. The van der Waals surface area contributed by atoms with Crippen molar-refractivity contribution in [3.8, 4) is 0 Å². The standard InChI is InChI=1S/C5H8F6P2.2ClH.Pt/c1-12(4(6,7)8)3-13(2)5(9,10)11;;;/h3H2,1-2H3;2*1H;/q;;;+2. The zero-order valence-corrected chi connectivity index (χ0v) is 13.8. The van der Waals surface area contributed by atoms with Crippen LogP contribution in [0.25, 0.3) is 0 Å². The van der Waals surface area contributed by atoms with Crippen molar-refractivity contribution in [3.05, 3.63) is 0 Å². The zero-order valence-electron chi connectivity index (χ0n) is 8.05. The molecule has 0 aliphatic heterocycles. The van der Waals surface area contributed by atoms with E-state index in [9.17, 15) is 26.3 Å². The van der Waals surface area contributed by atoms with Crippen molar-refractivity contribution >= 4 is 34.7 Å². The second-order valence-electron chi connectivity index (χ2n) is 2.78. The Balaban J connectivity index is 0. The fraction of sp³-hybridized carbons (Fsp3) is 1.00. The van der Waals surface area contributed by atoms with E-state index in [4.69, 9.17) is 18.8 Å². The van der Waals surface area contributed by atoms with Gasteiger partial charge in [0.2, 0.25) is 0 Å². The normalized spacial score (nSPS) is 16.4. The number of alkyl halides is 6. The monoisotopic (exact) mass is 511 g/mol. The average Bonchev–Trinajstić information content (AvgIpc) is 2.01. The summed E-state index contributed by atoms with van der Waals surface area (Å²) >= 11 is -0.472. The SMILES string of the molecule is C[PH+](C[PH+](C)C(F)(F)F)C(F)(F)F.[Cl][Pt][Cl]. The zero-order chi connectivity index (χ0) is 13.6. The second kappa shape index (κ2) is 8.75. The quantitative estimate of drug-likeness (QED) is 0.359. The summed E-state index contributed by atoms with van der Waals surface area (Å²) in [4.78, 5) is 0. The first-order valence-corrected chi connectivity index (χ1v) is 13.6. The molecule has 0 saturated heterocycles. The molecule has 0 aromatic rings. The molecular weight excluding hydrogens is 502 g/mol. The van der Waals surface area contributed by atoms with E-state index in [-0.39, 0.29) is 0 Å². The number of rotatable bonds is 2. The molecule has 104 valence electrons. The van der Waals surface area contributed by atoms with E-state index in [1.54, 1.807) is 0 Å². The van der Waals surface area contributed by atoms with Gasteiger partial charge in [-0.1, -0.05) is 0 Å². The molecule has 11 heteroatoms. The van der Waals surface area contributed by atoms with Crippen LogP contribution in [0, 0.1) is 0 Å². The minimum absolute atomic E-state index is 0.472. The third kappa shape index (κ3) is 10.8. The molecule has 16 heavy (non-hydrogen) atoms. The number of hydrogen-bond acceptors (Lipinski definition) is 0. The van der Waals surface area contributed by atoms with Gasteiger partial charge < -0.3 is 0 Å². The fourth-order valence-electron chi connectivity index (χ4n) is 0.598. The predicted molar refractivity (Wildman–Crippen MR) is 57.2 cm³/mol. The average molecular weight is 512 g/mol. The van der Waals surface area contributed by atoms with Gasteiger partial charge in [-0.25, -0.2) is 0 Å². The Morgan fingerprint density at radius 2 is 1.06 bits per heavy atom. The number of hydrogen-bond donors (Lipinski definition) is 0. The van der Waals surface area contributed by atoms with Gasteiger partial charge in [0, 0.05) is 0 Å². The summed E-state index contributed by atoms with van der Waals surface area (Å²) in [6, 6.07) is 0. The van der Waals surface area contributed by atoms with Crippen LogP contribution in [-0.2, 0) is 16.5 Å². The van der Waals surface area contributed by atoms with Crippen molar-refractivity contribution in [2.24, 2.45) is 0 Å². The maximum atomic E-state index is 11.9. The fourth-order valence-corrected chi connectivity index (χ4v) is 5.38. The van der Waals surface area contributed by atoms with Gasteiger partial charge in [0.25, 0.3) is 0 Å². The summed E-state index contributed by atoms with van der Waals surface area (Å²) in [5.41, 5.74) is 0. The summed E-state index contributed by atoms with van der Waals surface area (Å²) in [6.07, 6.45) is 0. The Morgan fingerprint density at radius 3 is 1.19 bits per heavy atom. The summed E-state index contributed by atoms with van der Waals surface area (Å²) in [5, 5.41) is 0. The van der Waals surface area contributed by atoms with Crippen LogP contribution in [0.15, 0.2) is 0 Å². The van der Waals surface area contributed by atoms with Gasteiger partial charge in [0.1, 0.15) is 15.8 Å². The second-order valence-corrected chi connectivity index (χ2v) is 11.7. The Kier molecular flexibility index (Phi) is 11.0. The summed E-state index contributed by atoms with van der Waals surface area (Å²) in [6.45, 7) is 1.76. The van der Waals surface area contributed by atoms with E-state index in [1.165, 1.54) is 0 Å². The predicted octanol–water partition coefficient (Wildman–Crippen LogP) is 5.05. The van der Waals surface area contributed by atoms with Crippen LogP contribution in [0.5, 0.6) is 0 Å². The Morgan fingerprint density at radius 1 is 0.875 bits per heavy atom. The van der Waals surface area contributed by atoms with Crippen LogP contribution in [0.4, 0.5) is 26.3 Å². The molecule has 0 N–H and O–H groups in total. The van der Waals surface area contributed by atoms with E-state index >= 15 is 0 Å². The Bertz CT molecular complexity index is 169. The first-order chi connectivity index (χ1) is 6.96. The summed E-state index contributed by atoms with van der Waals surface area (Å²) in [5.74, 6) is -9.54. The molecule has 0 bridgehead atoms. The molecule has 0 heterocycles. The third-order valence-electron chi connectivity index (χ3n) is 1.50. The Labute approximate surface area is 108 Å². The molecule has 0 nitrogen and oxygen atoms in total. The van der Waals surface area contributed by atoms with E-state index in [0.29, 0.717) is 0 Å². The topological polar surface area (TPSA) is 0 Å². The van der Waals surface area contributed by atoms with Crippen LogP contribution in [-0.4, -0.2) is 31.1 Å². The van der Waals surface area contributed by atoms with E-state index in [2.05, 4.69) is 0 Å². The molecular formula is C5H10Cl2F6P2Pt+2. The van der Waals surface area contributed by atoms with Crippen LogP contribution in [0.1, 0.15) is 0 Å². The van der Waals surface area contributed by atoms with Gasteiger partial charge in [-0.3, -0.25) is 0 Å². The van der Waals surface area contributed by atoms with Crippen molar-refractivity contribution < 1.29 is 42.8 Å². The van der Waals surface area contributed by atoms with Gasteiger partial charge in [0.15, 0.2) is 5.90 Å². The first-order valence-electron chi connectivity index (χ1n) is 3.58. The molecule has 0 radical (unpaired) electrons. The Hall–Kier alpha value is 1.71. The molecule has 2 atom stereocenters. The van der Waals surface area contributed by atoms with Crippen LogP contribution in [0.3, 0.4) is 0 Å². The van der Waals surface area contributed by atoms with E-state index in [0.717, 1.165) is 13.3 Å². The molecule has 0 rings (SSSR count). The van der Waals surface area contributed by atoms with Gasteiger partial charge in [-0.2, -0.15) is 0 Å². The molecule has 0 aromatic heterocycles. The molecule has 0 aliphatic rings. The van der Waals surface area contributed by atoms with Crippen LogP contribution in [0.2, 0.25) is 0 Å². The van der Waals surface area contributed by atoms with E-state index in [1.807, 2.05) is 0 Å². The molecule has 0 spiro atoms.